The molecule has 0 saturated carbocycles. The van der Waals surface area contributed by atoms with E-state index in [0.29, 0.717) is 0 Å². The van der Waals surface area contributed by atoms with E-state index in [1.54, 1.807) is 7.11 Å². The maximum atomic E-state index is 5.95. The van der Waals surface area contributed by atoms with Crippen LogP contribution in [0.1, 0.15) is 17.4 Å². The summed E-state index contributed by atoms with van der Waals surface area (Å²) in [5, 5.41) is 1.22. The Kier molecular flexibility index (Phi) is 4.12. The molecule has 2 heteroatoms. The van der Waals surface area contributed by atoms with Gasteiger partial charge < -0.3 is 9.30 Å². The normalized spacial score (nSPS) is 12.4. The quantitative estimate of drug-likeness (QED) is 0.461. The van der Waals surface area contributed by atoms with Crippen LogP contribution in [0.4, 0.5) is 0 Å². The second-order valence-electron chi connectivity index (χ2n) is 6.32. The number of para-hydroxylation sites is 1. The summed E-state index contributed by atoms with van der Waals surface area (Å²) in [5.41, 5.74) is 5.92. The number of ether oxygens (including phenoxy) is 1. The number of nitrogens with zero attached hydrogens (tertiary/aromatic N) is 1. The molecule has 0 saturated heterocycles. The van der Waals surface area contributed by atoms with Gasteiger partial charge in [0.1, 0.15) is 0 Å². The summed E-state index contributed by atoms with van der Waals surface area (Å²) in [7, 11) is 1.77. The third kappa shape index (κ3) is 2.86. The predicted molar refractivity (Wildman–Crippen MR) is 104 cm³/mol. The van der Waals surface area contributed by atoms with Crippen LogP contribution in [-0.2, 0) is 4.74 Å². The summed E-state index contributed by atoms with van der Waals surface area (Å²) in [5.74, 6) is 0. The molecule has 1 unspecified atom stereocenters. The Bertz CT molecular complexity index is 984. The van der Waals surface area contributed by atoms with Crippen molar-refractivity contribution in [2.45, 2.75) is 13.2 Å². The van der Waals surface area contributed by atoms with E-state index in [1.807, 2.05) is 6.07 Å². The minimum Gasteiger partial charge on any atom is -0.357 e. The van der Waals surface area contributed by atoms with Gasteiger partial charge >= 0.3 is 0 Å². The van der Waals surface area contributed by atoms with Crippen LogP contribution in [0.2, 0.25) is 0 Å². The van der Waals surface area contributed by atoms with Crippen molar-refractivity contribution in [2.75, 3.05) is 7.11 Å². The molecule has 0 bridgehead atoms. The molecule has 0 fully saturated rings. The van der Waals surface area contributed by atoms with Crippen molar-refractivity contribution in [2.24, 2.45) is 0 Å². The highest BCUT2D eigenvalue weighted by Gasteiger charge is 2.20. The van der Waals surface area contributed by atoms with Gasteiger partial charge in [0.05, 0.1) is 11.2 Å². The van der Waals surface area contributed by atoms with Crippen molar-refractivity contribution >= 4 is 10.9 Å². The molecule has 1 aromatic heterocycles. The van der Waals surface area contributed by atoms with E-state index in [0.717, 1.165) is 11.3 Å². The fraction of sp³-hybridized carbons (Fsp3) is 0.130. The number of methoxy groups -OCH3 is 1. The third-order valence-electron chi connectivity index (χ3n) is 4.64. The van der Waals surface area contributed by atoms with Crippen LogP contribution < -0.4 is 0 Å². The summed E-state index contributed by atoms with van der Waals surface area (Å²) in [6.45, 7) is 2.10. The van der Waals surface area contributed by atoms with Crippen LogP contribution in [0.15, 0.2) is 84.9 Å². The van der Waals surface area contributed by atoms with E-state index in [9.17, 15) is 0 Å². The number of benzene rings is 3. The Morgan fingerprint density at radius 3 is 2.20 bits per heavy atom. The molecule has 1 heterocycles. The van der Waals surface area contributed by atoms with Crippen LogP contribution in [-0.4, -0.2) is 11.7 Å². The molecule has 1 atom stereocenters. The first kappa shape index (κ1) is 15.7. The van der Waals surface area contributed by atoms with Crippen molar-refractivity contribution in [3.63, 3.8) is 0 Å². The summed E-state index contributed by atoms with van der Waals surface area (Å²) in [4.78, 5) is 0. The minimum atomic E-state index is -0.171. The molecule has 0 aliphatic carbocycles. The lowest BCUT2D eigenvalue weighted by Gasteiger charge is -2.22. The predicted octanol–water partition coefficient (Wildman–Crippen LogP) is 5.81. The van der Waals surface area contributed by atoms with Gasteiger partial charge in [-0.15, -0.1) is 0 Å². The van der Waals surface area contributed by atoms with E-state index in [4.69, 9.17) is 4.74 Å². The number of fused-ring (bicyclic) bond motifs is 1. The van der Waals surface area contributed by atoms with Gasteiger partial charge in [-0.1, -0.05) is 78.4 Å². The minimum absolute atomic E-state index is 0.171. The van der Waals surface area contributed by atoms with E-state index < -0.39 is 0 Å². The fourth-order valence-corrected chi connectivity index (χ4v) is 3.38. The Balaban J connectivity index is 1.96. The molecule has 25 heavy (non-hydrogen) atoms. The van der Waals surface area contributed by atoms with Crippen LogP contribution in [0.25, 0.3) is 22.2 Å². The zero-order valence-electron chi connectivity index (χ0n) is 14.5. The van der Waals surface area contributed by atoms with Gasteiger partial charge in [-0.25, -0.2) is 0 Å². The number of rotatable bonds is 4. The van der Waals surface area contributed by atoms with Crippen molar-refractivity contribution in [1.29, 1.82) is 0 Å². The fourth-order valence-electron chi connectivity index (χ4n) is 3.38. The Labute approximate surface area is 148 Å². The van der Waals surface area contributed by atoms with Gasteiger partial charge in [0.2, 0.25) is 0 Å². The zero-order valence-corrected chi connectivity index (χ0v) is 14.5. The summed E-state index contributed by atoms with van der Waals surface area (Å²) < 4.78 is 8.24. The second-order valence-corrected chi connectivity index (χ2v) is 6.32. The second kappa shape index (κ2) is 6.58. The van der Waals surface area contributed by atoms with Crippen molar-refractivity contribution in [1.82, 2.24) is 4.57 Å². The van der Waals surface area contributed by atoms with Crippen molar-refractivity contribution in [3.05, 3.63) is 96.1 Å². The molecule has 0 amide bonds. The Morgan fingerprint density at radius 2 is 1.48 bits per heavy atom. The lowest BCUT2D eigenvalue weighted by molar-refractivity contribution is 0.0835. The largest absolute Gasteiger partial charge is 0.357 e. The molecule has 124 valence electrons. The van der Waals surface area contributed by atoms with Crippen molar-refractivity contribution < 1.29 is 4.74 Å². The van der Waals surface area contributed by atoms with Gasteiger partial charge in [0.25, 0.3) is 0 Å². The number of hydrogen-bond acceptors (Lipinski definition) is 1. The molecule has 4 aromatic rings. The van der Waals surface area contributed by atoms with Gasteiger partial charge in [0, 0.05) is 18.1 Å². The lowest BCUT2D eigenvalue weighted by Crippen LogP contribution is -2.13. The zero-order chi connectivity index (χ0) is 17.2. The first-order chi connectivity index (χ1) is 12.3. The maximum Gasteiger partial charge on any atom is 0.160 e. The molecule has 0 spiro atoms. The maximum absolute atomic E-state index is 5.95. The van der Waals surface area contributed by atoms with Crippen molar-refractivity contribution in [3.8, 4) is 11.3 Å². The molecule has 3 aromatic carbocycles. The first-order valence-electron chi connectivity index (χ1n) is 8.52. The van der Waals surface area contributed by atoms with Gasteiger partial charge in [-0.05, 0) is 24.6 Å². The summed E-state index contributed by atoms with van der Waals surface area (Å²) >= 11 is 0. The highest BCUT2D eigenvalue weighted by atomic mass is 16.5. The van der Waals surface area contributed by atoms with Crippen LogP contribution >= 0.6 is 0 Å². The smallest absolute Gasteiger partial charge is 0.160 e. The third-order valence-corrected chi connectivity index (χ3v) is 4.64. The molecular formula is C23H21NO. The van der Waals surface area contributed by atoms with E-state index in [1.165, 1.54) is 22.0 Å². The van der Waals surface area contributed by atoms with Gasteiger partial charge in [-0.2, -0.15) is 0 Å². The average Bonchev–Trinajstić information content (AvgIpc) is 3.04. The van der Waals surface area contributed by atoms with Gasteiger partial charge in [-0.3, -0.25) is 0 Å². The van der Waals surface area contributed by atoms with Crippen LogP contribution in [0, 0.1) is 6.92 Å². The molecule has 0 aliphatic rings. The lowest BCUT2D eigenvalue weighted by atomic mass is 10.1. The standard InChI is InChI=1S/C23H21NO/c1-17-12-14-19(15-13-17)23(25-2)24-21-11-7-6-10-20(21)16-22(24)18-8-4-3-5-9-18/h3-16,23H,1-2H3. The van der Waals surface area contributed by atoms with E-state index >= 15 is 0 Å². The monoisotopic (exact) mass is 327 g/mol. The number of hydrogen-bond donors (Lipinski definition) is 0. The van der Waals surface area contributed by atoms with Gasteiger partial charge in [0.15, 0.2) is 6.23 Å². The van der Waals surface area contributed by atoms with E-state index in [2.05, 4.69) is 90.4 Å². The van der Waals surface area contributed by atoms with E-state index in [-0.39, 0.29) is 6.23 Å². The summed E-state index contributed by atoms with van der Waals surface area (Å²) in [6.07, 6.45) is -0.171. The molecule has 0 radical (unpaired) electrons. The molecule has 4 rings (SSSR count). The average molecular weight is 327 g/mol. The number of aromatic nitrogens is 1. The highest BCUT2D eigenvalue weighted by Crippen LogP contribution is 2.34. The molecular weight excluding hydrogens is 306 g/mol. The molecule has 0 aliphatic heterocycles. The van der Waals surface area contributed by atoms with Crippen LogP contribution in [0.5, 0.6) is 0 Å². The summed E-state index contributed by atoms with van der Waals surface area (Å²) in [6, 6.07) is 29.8. The Morgan fingerprint density at radius 1 is 0.800 bits per heavy atom. The molecule has 0 N–H and O–H groups in total. The SMILES string of the molecule is COC(c1ccc(C)cc1)n1c(-c2ccccc2)cc2ccccc21. The Hall–Kier alpha value is -2.84. The topological polar surface area (TPSA) is 14.2 Å². The first-order valence-corrected chi connectivity index (χ1v) is 8.52. The number of aryl methyl sites for hydroxylation is 1. The highest BCUT2D eigenvalue weighted by molar-refractivity contribution is 5.87. The molecule has 2 nitrogen and oxygen atoms in total. The van der Waals surface area contributed by atoms with Crippen LogP contribution in [0.3, 0.4) is 0 Å².